The van der Waals surface area contributed by atoms with E-state index in [0.29, 0.717) is 13.1 Å². The highest BCUT2D eigenvalue weighted by Gasteiger charge is 2.39. The lowest BCUT2D eigenvalue weighted by atomic mass is 9.91. The van der Waals surface area contributed by atoms with Gasteiger partial charge >= 0.3 is 6.09 Å². The molecule has 3 amide bonds. The molecule has 7 nitrogen and oxygen atoms in total. The second-order valence-corrected chi connectivity index (χ2v) is 5.71. The summed E-state index contributed by atoms with van der Waals surface area (Å²) < 4.78 is 5.07. The van der Waals surface area contributed by atoms with Crippen LogP contribution in [0, 0.1) is 5.92 Å². The van der Waals surface area contributed by atoms with Crippen LogP contribution < -0.4 is 11.1 Å². The molecule has 1 atom stereocenters. The predicted octanol–water partition coefficient (Wildman–Crippen LogP) is -0.157. The minimum Gasteiger partial charge on any atom is -0.444 e. The molecule has 0 aromatic carbocycles. The second-order valence-electron chi connectivity index (χ2n) is 5.71. The van der Waals surface area contributed by atoms with E-state index in [9.17, 15) is 14.4 Å². The lowest BCUT2D eigenvalue weighted by Gasteiger charge is -2.41. The Morgan fingerprint density at radius 2 is 1.84 bits per heavy atom. The zero-order valence-corrected chi connectivity index (χ0v) is 11.7. The van der Waals surface area contributed by atoms with Gasteiger partial charge in [0.25, 0.3) is 0 Å². The van der Waals surface area contributed by atoms with Crippen molar-refractivity contribution < 1.29 is 19.1 Å². The van der Waals surface area contributed by atoms with Gasteiger partial charge in [0.05, 0.1) is 0 Å². The molecule has 1 heterocycles. The van der Waals surface area contributed by atoms with Gasteiger partial charge in [0.15, 0.2) is 0 Å². The molecule has 1 aliphatic rings. The molecule has 1 fully saturated rings. The molecule has 19 heavy (non-hydrogen) atoms. The summed E-state index contributed by atoms with van der Waals surface area (Å²) in [6, 6.07) is -0.814. The molecular formula is C12H21N3O4. The Kier molecular flexibility index (Phi) is 4.39. The van der Waals surface area contributed by atoms with E-state index in [4.69, 9.17) is 10.5 Å². The monoisotopic (exact) mass is 271 g/mol. The third-order valence-electron chi connectivity index (χ3n) is 2.81. The minimum atomic E-state index is -0.814. The van der Waals surface area contributed by atoms with E-state index in [1.807, 2.05) is 0 Å². The van der Waals surface area contributed by atoms with Crippen molar-refractivity contribution in [2.24, 2.45) is 11.7 Å². The van der Waals surface area contributed by atoms with Crippen molar-refractivity contribution in [3.63, 3.8) is 0 Å². The number of carbonyl (C=O) groups excluding carboxylic acids is 3. The fraction of sp³-hybridized carbons (Fsp3) is 0.750. The molecule has 1 rings (SSSR count). The molecule has 0 radical (unpaired) electrons. The number of ether oxygens (including phenoxy) is 1. The lowest BCUT2D eigenvalue weighted by molar-refractivity contribution is -0.138. The Bertz CT molecular complexity index is 383. The van der Waals surface area contributed by atoms with Crippen molar-refractivity contribution in [2.75, 3.05) is 13.1 Å². The summed E-state index contributed by atoms with van der Waals surface area (Å²) in [4.78, 5) is 35.6. The number of amides is 3. The number of carbonyl (C=O) groups is 3. The topological polar surface area (TPSA) is 102 Å². The van der Waals surface area contributed by atoms with Crippen molar-refractivity contribution in [1.29, 1.82) is 0 Å². The lowest BCUT2D eigenvalue weighted by Crippen LogP contribution is -2.61. The van der Waals surface area contributed by atoms with Gasteiger partial charge in [0.1, 0.15) is 11.6 Å². The summed E-state index contributed by atoms with van der Waals surface area (Å²) in [5.74, 6) is -0.843. The average Bonchev–Trinajstić information content (AvgIpc) is 2.09. The number of rotatable bonds is 3. The van der Waals surface area contributed by atoms with Crippen molar-refractivity contribution in [3.05, 3.63) is 0 Å². The first-order valence-corrected chi connectivity index (χ1v) is 6.14. The van der Waals surface area contributed by atoms with Crippen LogP contribution in [-0.4, -0.2) is 47.5 Å². The highest BCUT2D eigenvalue weighted by molar-refractivity contribution is 5.85. The summed E-state index contributed by atoms with van der Waals surface area (Å²) in [5.41, 5.74) is 4.63. The van der Waals surface area contributed by atoms with Crippen molar-refractivity contribution >= 4 is 17.9 Å². The standard InChI is InChI=1S/C12H21N3O4/c1-7(16)15-5-8(6-15)9(10(13)17)14-11(18)19-12(2,3)4/h8-9H,5-6H2,1-4H3,(H2,13,17)(H,14,18). The maximum Gasteiger partial charge on any atom is 0.408 e. The summed E-state index contributed by atoms with van der Waals surface area (Å²) in [7, 11) is 0. The Hall–Kier alpha value is -1.79. The molecule has 0 aromatic rings. The molecule has 1 saturated heterocycles. The third kappa shape index (κ3) is 4.42. The molecule has 7 heteroatoms. The summed E-state index contributed by atoms with van der Waals surface area (Å²) >= 11 is 0. The number of alkyl carbamates (subject to hydrolysis) is 1. The molecule has 0 saturated carbocycles. The van der Waals surface area contributed by atoms with Crippen molar-refractivity contribution in [3.8, 4) is 0 Å². The first-order chi connectivity index (χ1) is 8.60. The van der Waals surface area contributed by atoms with Crippen LogP contribution in [0.3, 0.4) is 0 Å². The molecule has 0 bridgehead atoms. The van der Waals surface area contributed by atoms with Gasteiger partial charge in [-0.3, -0.25) is 9.59 Å². The molecule has 1 aliphatic heterocycles. The van der Waals surface area contributed by atoms with Crippen LogP contribution in [0.25, 0.3) is 0 Å². The second kappa shape index (κ2) is 5.46. The summed E-state index contributed by atoms with van der Waals surface area (Å²) in [5, 5.41) is 2.46. The smallest absolute Gasteiger partial charge is 0.408 e. The van der Waals surface area contributed by atoms with Gasteiger partial charge in [-0.15, -0.1) is 0 Å². The third-order valence-corrected chi connectivity index (χ3v) is 2.81. The number of nitrogens with zero attached hydrogens (tertiary/aromatic N) is 1. The van der Waals surface area contributed by atoms with Gasteiger partial charge in [0.2, 0.25) is 11.8 Å². The molecule has 0 aromatic heterocycles. The SMILES string of the molecule is CC(=O)N1CC(C(NC(=O)OC(C)(C)C)C(N)=O)C1. The Labute approximate surface area is 112 Å². The van der Waals surface area contributed by atoms with Gasteiger partial charge in [-0.25, -0.2) is 4.79 Å². The van der Waals surface area contributed by atoms with Crippen LogP contribution in [0.2, 0.25) is 0 Å². The van der Waals surface area contributed by atoms with E-state index < -0.39 is 23.6 Å². The van der Waals surface area contributed by atoms with Crippen LogP contribution in [-0.2, 0) is 14.3 Å². The maximum absolute atomic E-state index is 11.6. The highest BCUT2D eigenvalue weighted by atomic mass is 16.6. The van der Waals surface area contributed by atoms with Crippen molar-refractivity contribution in [1.82, 2.24) is 10.2 Å². The number of likely N-dealkylation sites (tertiary alicyclic amines) is 1. The van der Waals surface area contributed by atoms with E-state index in [1.54, 1.807) is 25.7 Å². The maximum atomic E-state index is 11.6. The van der Waals surface area contributed by atoms with E-state index in [-0.39, 0.29) is 11.8 Å². The Balaban J connectivity index is 2.54. The summed E-state index contributed by atoms with van der Waals surface area (Å²) in [6.45, 7) is 7.47. The number of nitrogens with two attached hydrogens (primary N) is 1. The van der Waals surface area contributed by atoms with Crippen LogP contribution in [0.5, 0.6) is 0 Å². The predicted molar refractivity (Wildman–Crippen MR) is 68.1 cm³/mol. The number of hydrogen-bond acceptors (Lipinski definition) is 4. The van der Waals surface area contributed by atoms with Gasteiger partial charge in [-0.1, -0.05) is 0 Å². The molecular weight excluding hydrogens is 250 g/mol. The first-order valence-electron chi connectivity index (χ1n) is 6.14. The highest BCUT2D eigenvalue weighted by Crippen LogP contribution is 2.19. The first kappa shape index (κ1) is 15.3. The molecule has 0 spiro atoms. The van der Waals surface area contributed by atoms with Gasteiger partial charge < -0.3 is 20.7 Å². The normalized spacial score (nSPS) is 17.4. The zero-order valence-electron chi connectivity index (χ0n) is 11.7. The number of nitrogens with one attached hydrogen (secondary N) is 1. The van der Waals surface area contributed by atoms with Crippen LogP contribution >= 0.6 is 0 Å². The Morgan fingerprint density at radius 1 is 1.32 bits per heavy atom. The summed E-state index contributed by atoms with van der Waals surface area (Å²) in [6.07, 6.45) is -0.683. The minimum absolute atomic E-state index is 0.0586. The van der Waals surface area contributed by atoms with Crippen molar-refractivity contribution in [2.45, 2.75) is 39.3 Å². The van der Waals surface area contributed by atoms with E-state index in [0.717, 1.165) is 0 Å². The van der Waals surface area contributed by atoms with Crippen LogP contribution in [0.4, 0.5) is 4.79 Å². The van der Waals surface area contributed by atoms with E-state index >= 15 is 0 Å². The van der Waals surface area contributed by atoms with Gasteiger partial charge in [-0.05, 0) is 20.8 Å². The van der Waals surface area contributed by atoms with Gasteiger partial charge in [0, 0.05) is 25.9 Å². The quantitative estimate of drug-likeness (QED) is 0.744. The fourth-order valence-corrected chi connectivity index (χ4v) is 1.84. The molecule has 108 valence electrons. The van der Waals surface area contributed by atoms with Crippen LogP contribution in [0.15, 0.2) is 0 Å². The average molecular weight is 271 g/mol. The number of primary amides is 1. The van der Waals surface area contributed by atoms with E-state index in [2.05, 4.69) is 5.32 Å². The molecule has 1 unspecified atom stereocenters. The number of hydrogen-bond donors (Lipinski definition) is 2. The van der Waals surface area contributed by atoms with E-state index in [1.165, 1.54) is 6.92 Å². The fourth-order valence-electron chi connectivity index (χ4n) is 1.84. The largest absolute Gasteiger partial charge is 0.444 e. The van der Waals surface area contributed by atoms with Crippen LogP contribution in [0.1, 0.15) is 27.7 Å². The molecule has 0 aliphatic carbocycles. The van der Waals surface area contributed by atoms with Gasteiger partial charge in [-0.2, -0.15) is 0 Å². The zero-order chi connectivity index (χ0) is 14.8. The molecule has 3 N–H and O–H groups in total. The Morgan fingerprint density at radius 3 is 2.21 bits per heavy atom.